The molecule has 0 saturated heterocycles. The Bertz CT molecular complexity index is 1350. The number of nitriles is 1. The van der Waals surface area contributed by atoms with E-state index in [0.717, 1.165) is 11.1 Å². The molecular weight excluding hydrogens is 392 g/mol. The normalized spacial score (nSPS) is 10.7. The van der Waals surface area contributed by atoms with Gasteiger partial charge in [-0.2, -0.15) is 10.4 Å². The molecule has 0 aliphatic rings. The average Bonchev–Trinajstić information content (AvgIpc) is 3.21. The molecule has 0 spiro atoms. The molecule has 8 heteroatoms. The lowest BCUT2D eigenvalue weighted by atomic mass is 10.1. The highest BCUT2D eigenvalue weighted by Gasteiger charge is 2.12. The van der Waals surface area contributed by atoms with Crippen molar-refractivity contribution >= 4 is 16.9 Å². The highest BCUT2D eigenvalue weighted by atomic mass is 16.1. The molecule has 0 bridgehead atoms. The number of rotatable bonds is 6. The Morgan fingerprint density at radius 1 is 1.16 bits per heavy atom. The Labute approximate surface area is 178 Å². The van der Waals surface area contributed by atoms with E-state index in [1.54, 1.807) is 33.5 Å². The fourth-order valence-corrected chi connectivity index (χ4v) is 3.32. The van der Waals surface area contributed by atoms with E-state index in [1.165, 1.54) is 12.5 Å². The van der Waals surface area contributed by atoms with Crippen molar-refractivity contribution in [2.24, 2.45) is 0 Å². The second-order valence-corrected chi connectivity index (χ2v) is 7.15. The number of nitrogens with one attached hydrogen (secondary N) is 1. The monoisotopic (exact) mass is 412 g/mol. The number of carbonyl (C=O) groups is 1. The quantitative estimate of drug-likeness (QED) is 0.523. The van der Waals surface area contributed by atoms with E-state index >= 15 is 0 Å². The van der Waals surface area contributed by atoms with E-state index in [1.807, 2.05) is 37.3 Å². The van der Waals surface area contributed by atoms with Crippen molar-refractivity contribution < 1.29 is 4.79 Å². The Kier molecular flexibility index (Phi) is 5.58. The van der Waals surface area contributed by atoms with Crippen molar-refractivity contribution in [1.82, 2.24) is 24.6 Å². The summed E-state index contributed by atoms with van der Waals surface area (Å²) in [6.45, 7) is 3.15. The number of nitrogens with zero attached hydrogens (tertiary/aromatic N) is 5. The number of aryl methyl sites for hydroxylation is 1. The molecule has 1 N–H and O–H groups in total. The van der Waals surface area contributed by atoms with Crippen molar-refractivity contribution in [3.8, 4) is 6.07 Å². The summed E-state index contributed by atoms with van der Waals surface area (Å²) < 4.78 is 3.18. The number of benzene rings is 2. The molecule has 2 aromatic heterocycles. The van der Waals surface area contributed by atoms with E-state index < -0.39 is 0 Å². The zero-order valence-electron chi connectivity index (χ0n) is 16.9. The Morgan fingerprint density at radius 3 is 2.68 bits per heavy atom. The molecule has 2 heterocycles. The first-order chi connectivity index (χ1) is 15.1. The molecule has 154 valence electrons. The molecule has 0 fully saturated rings. The minimum absolute atomic E-state index is 0.152. The van der Waals surface area contributed by atoms with Crippen molar-refractivity contribution in [3.05, 3.63) is 93.7 Å². The zero-order valence-corrected chi connectivity index (χ0v) is 16.9. The van der Waals surface area contributed by atoms with Crippen LogP contribution in [0.1, 0.15) is 27.0 Å². The van der Waals surface area contributed by atoms with Gasteiger partial charge in [0.2, 0.25) is 0 Å². The smallest absolute Gasteiger partial charge is 0.264 e. The maximum absolute atomic E-state index is 12.9. The summed E-state index contributed by atoms with van der Waals surface area (Å²) in [4.78, 5) is 29.5. The summed E-state index contributed by atoms with van der Waals surface area (Å²) >= 11 is 0. The van der Waals surface area contributed by atoms with Gasteiger partial charge in [-0.05, 0) is 42.3 Å². The summed E-state index contributed by atoms with van der Waals surface area (Å²) in [7, 11) is 0. The minimum atomic E-state index is -0.241. The van der Waals surface area contributed by atoms with Crippen molar-refractivity contribution in [2.75, 3.05) is 6.54 Å². The lowest BCUT2D eigenvalue weighted by Crippen LogP contribution is -2.27. The van der Waals surface area contributed by atoms with Gasteiger partial charge < -0.3 is 5.32 Å². The van der Waals surface area contributed by atoms with Crippen LogP contribution < -0.4 is 10.9 Å². The third-order valence-electron chi connectivity index (χ3n) is 5.11. The SMILES string of the molecule is Cc1ccccc1Cn1cnc2c(cnn2CCNC(=O)c2ccc(C#N)cc2)c1=O. The number of aromatic nitrogens is 4. The molecule has 4 rings (SSSR count). The van der Waals surface area contributed by atoms with Crippen molar-refractivity contribution in [1.29, 1.82) is 5.26 Å². The minimum Gasteiger partial charge on any atom is -0.350 e. The molecule has 0 radical (unpaired) electrons. The summed E-state index contributed by atoms with van der Waals surface area (Å²) in [5.74, 6) is -0.241. The van der Waals surface area contributed by atoms with Crippen LogP contribution in [0.4, 0.5) is 0 Å². The first kappa shape index (κ1) is 20.0. The highest BCUT2D eigenvalue weighted by Crippen LogP contribution is 2.10. The molecule has 0 saturated carbocycles. The molecule has 0 atom stereocenters. The maximum atomic E-state index is 12.9. The highest BCUT2D eigenvalue weighted by molar-refractivity contribution is 5.94. The average molecular weight is 412 g/mol. The topological polar surface area (TPSA) is 106 Å². The fraction of sp³-hybridized carbons (Fsp3) is 0.174. The fourth-order valence-electron chi connectivity index (χ4n) is 3.32. The van der Waals surface area contributed by atoms with E-state index in [4.69, 9.17) is 5.26 Å². The predicted octanol–water partition coefficient (Wildman–Crippen LogP) is 2.25. The van der Waals surface area contributed by atoms with E-state index in [-0.39, 0.29) is 11.5 Å². The summed E-state index contributed by atoms with van der Waals surface area (Å²) in [5.41, 5.74) is 3.48. The van der Waals surface area contributed by atoms with Crippen LogP contribution in [0.25, 0.3) is 11.0 Å². The van der Waals surface area contributed by atoms with Crippen LogP contribution >= 0.6 is 0 Å². The van der Waals surface area contributed by atoms with Crippen LogP contribution in [0.15, 0.2) is 65.8 Å². The molecule has 0 unspecified atom stereocenters. The van der Waals surface area contributed by atoms with E-state index in [0.29, 0.717) is 41.8 Å². The summed E-state index contributed by atoms with van der Waals surface area (Å²) in [5, 5.41) is 16.4. The van der Waals surface area contributed by atoms with Crippen molar-refractivity contribution in [3.63, 3.8) is 0 Å². The summed E-state index contributed by atoms with van der Waals surface area (Å²) in [6, 6.07) is 16.3. The van der Waals surface area contributed by atoms with Crippen LogP contribution in [0.2, 0.25) is 0 Å². The number of carbonyl (C=O) groups excluding carboxylic acids is 1. The molecule has 8 nitrogen and oxygen atoms in total. The van der Waals surface area contributed by atoms with E-state index in [2.05, 4.69) is 15.4 Å². The molecule has 31 heavy (non-hydrogen) atoms. The third kappa shape index (κ3) is 4.21. The molecule has 4 aromatic rings. The number of amides is 1. The standard InChI is InChI=1S/C23H20N6O2/c1-16-4-2-3-5-19(16)14-28-15-26-21-20(23(28)31)13-27-29(21)11-10-25-22(30)18-8-6-17(12-24)7-9-18/h2-9,13,15H,10-11,14H2,1H3,(H,25,30). The van der Waals surface area contributed by atoms with Gasteiger partial charge in [0, 0.05) is 12.1 Å². The third-order valence-corrected chi connectivity index (χ3v) is 5.11. The number of hydrogen-bond acceptors (Lipinski definition) is 5. The van der Waals surface area contributed by atoms with Crippen LogP contribution in [0.5, 0.6) is 0 Å². The summed E-state index contributed by atoms with van der Waals surface area (Å²) in [6.07, 6.45) is 3.05. The van der Waals surface area contributed by atoms with Gasteiger partial charge in [-0.1, -0.05) is 24.3 Å². The van der Waals surface area contributed by atoms with Crippen molar-refractivity contribution in [2.45, 2.75) is 20.0 Å². The van der Waals surface area contributed by atoms with Gasteiger partial charge in [0.1, 0.15) is 11.7 Å². The van der Waals surface area contributed by atoms with Gasteiger partial charge in [0.25, 0.3) is 11.5 Å². The Morgan fingerprint density at radius 2 is 1.94 bits per heavy atom. The van der Waals surface area contributed by atoms with Crippen LogP contribution in [0, 0.1) is 18.3 Å². The van der Waals surface area contributed by atoms with Crippen LogP contribution in [-0.4, -0.2) is 31.8 Å². The molecule has 0 aliphatic carbocycles. The van der Waals surface area contributed by atoms with Crippen LogP contribution in [-0.2, 0) is 13.1 Å². The van der Waals surface area contributed by atoms with Gasteiger partial charge in [-0.25, -0.2) is 9.67 Å². The zero-order chi connectivity index (χ0) is 21.8. The lowest BCUT2D eigenvalue weighted by Gasteiger charge is -2.09. The van der Waals surface area contributed by atoms with Gasteiger partial charge in [-0.15, -0.1) is 0 Å². The second-order valence-electron chi connectivity index (χ2n) is 7.15. The van der Waals surface area contributed by atoms with Gasteiger partial charge >= 0.3 is 0 Å². The number of fused-ring (bicyclic) bond motifs is 1. The second kappa shape index (κ2) is 8.63. The Balaban J connectivity index is 1.45. The van der Waals surface area contributed by atoms with E-state index in [9.17, 15) is 9.59 Å². The first-order valence-corrected chi connectivity index (χ1v) is 9.80. The first-order valence-electron chi connectivity index (χ1n) is 9.80. The largest absolute Gasteiger partial charge is 0.350 e. The maximum Gasteiger partial charge on any atom is 0.264 e. The molecule has 1 amide bonds. The van der Waals surface area contributed by atoms with Gasteiger partial charge in [-0.3, -0.25) is 14.2 Å². The molecule has 2 aromatic carbocycles. The predicted molar refractivity (Wildman–Crippen MR) is 116 cm³/mol. The lowest BCUT2D eigenvalue weighted by molar-refractivity contribution is 0.0952. The van der Waals surface area contributed by atoms with Gasteiger partial charge in [0.05, 0.1) is 30.9 Å². The Hall–Kier alpha value is -4.25. The molecular formula is C23H20N6O2. The molecule has 0 aliphatic heterocycles. The van der Waals surface area contributed by atoms with Crippen LogP contribution in [0.3, 0.4) is 0 Å². The van der Waals surface area contributed by atoms with Gasteiger partial charge in [0.15, 0.2) is 5.65 Å². The number of hydrogen-bond donors (Lipinski definition) is 1.